The maximum atomic E-state index is 13.4. The average molecular weight is 426 g/mol. The Labute approximate surface area is 168 Å². The standard InChI is InChI=1S/C18H18F4N6O2/c19-16(20)30-13-1-9(4-24-15(13)23)12-3-14(28-5-11-2-10(28)6-29-11)26-17(25-12)27-7-18(21,22)8-27/h1,3-4,10-11,16H,2,5-8H2,(H2,23,24). The number of alkyl halides is 4. The monoisotopic (exact) mass is 426 g/mol. The summed E-state index contributed by atoms with van der Waals surface area (Å²) < 4.78 is 62.2. The van der Waals surface area contributed by atoms with Crippen molar-refractivity contribution in [3.8, 4) is 17.0 Å². The molecule has 3 saturated heterocycles. The first kappa shape index (κ1) is 19.1. The summed E-state index contributed by atoms with van der Waals surface area (Å²) in [7, 11) is 0. The van der Waals surface area contributed by atoms with Crippen LogP contribution in [0, 0.1) is 0 Å². The highest BCUT2D eigenvalue weighted by atomic mass is 19.3. The highest BCUT2D eigenvalue weighted by molar-refractivity contribution is 5.68. The Balaban J connectivity index is 1.53. The van der Waals surface area contributed by atoms with E-state index >= 15 is 0 Å². The van der Waals surface area contributed by atoms with Crippen molar-refractivity contribution in [2.24, 2.45) is 0 Å². The molecule has 0 amide bonds. The summed E-state index contributed by atoms with van der Waals surface area (Å²) in [5.41, 5.74) is 6.32. The number of nitrogens with two attached hydrogens (primary N) is 1. The van der Waals surface area contributed by atoms with Gasteiger partial charge in [-0.3, -0.25) is 0 Å². The summed E-state index contributed by atoms with van der Waals surface area (Å²) >= 11 is 0. The zero-order valence-electron chi connectivity index (χ0n) is 15.6. The zero-order valence-corrected chi connectivity index (χ0v) is 15.6. The van der Waals surface area contributed by atoms with E-state index in [9.17, 15) is 17.6 Å². The predicted octanol–water partition coefficient (Wildman–Crippen LogP) is 2.16. The van der Waals surface area contributed by atoms with E-state index in [-0.39, 0.29) is 29.7 Å². The number of morpholine rings is 1. The van der Waals surface area contributed by atoms with Crippen LogP contribution in [0.4, 0.5) is 35.1 Å². The van der Waals surface area contributed by atoms with Crippen molar-refractivity contribution in [1.82, 2.24) is 15.0 Å². The van der Waals surface area contributed by atoms with Crippen LogP contribution < -0.4 is 20.3 Å². The first-order chi connectivity index (χ1) is 14.3. The molecule has 12 heteroatoms. The number of anilines is 3. The van der Waals surface area contributed by atoms with Crippen molar-refractivity contribution < 1.29 is 27.0 Å². The van der Waals surface area contributed by atoms with Gasteiger partial charge in [-0.05, 0) is 12.5 Å². The van der Waals surface area contributed by atoms with E-state index in [1.165, 1.54) is 17.2 Å². The number of hydrogen-bond acceptors (Lipinski definition) is 8. The van der Waals surface area contributed by atoms with Crippen molar-refractivity contribution in [2.45, 2.75) is 31.1 Å². The van der Waals surface area contributed by atoms with Crippen molar-refractivity contribution in [3.63, 3.8) is 0 Å². The number of pyridine rings is 1. The van der Waals surface area contributed by atoms with Gasteiger partial charge in [-0.15, -0.1) is 0 Å². The largest absolute Gasteiger partial charge is 0.431 e. The molecule has 3 aliphatic heterocycles. The van der Waals surface area contributed by atoms with Crippen LogP contribution in [-0.2, 0) is 4.74 Å². The summed E-state index contributed by atoms with van der Waals surface area (Å²) in [6, 6.07) is 3.13. The normalized spacial score (nSPS) is 24.4. The van der Waals surface area contributed by atoms with E-state index in [1.807, 2.05) is 0 Å². The summed E-state index contributed by atoms with van der Waals surface area (Å²) in [4.78, 5) is 16.2. The van der Waals surface area contributed by atoms with Crippen LogP contribution in [0.15, 0.2) is 18.3 Å². The molecule has 3 fully saturated rings. The first-order valence-electron chi connectivity index (χ1n) is 9.38. The van der Waals surface area contributed by atoms with E-state index in [1.54, 1.807) is 6.07 Å². The van der Waals surface area contributed by atoms with Gasteiger partial charge in [0.05, 0.1) is 37.5 Å². The van der Waals surface area contributed by atoms with Gasteiger partial charge in [0.25, 0.3) is 5.92 Å². The highest BCUT2D eigenvalue weighted by Crippen LogP contribution is 2.37. The number of fused-ring (bicyclic) bond motifs is 2. The van der Waals surface area contributed by atoms with Crippen LogP contribution in [0.2, 0.25) is 0 Å². The predicted molar refractivity (Wildman–Crippen MR) is 99.0 cm³/mol. The van der Waals surface area contributed by atoms with Crippen LogP contribution in [0.5, 0.6) is 5.75 Å². The minimum atomic E-state index is -3.07. The molecule has 2 unspecified atom stereocenters. The molecule has 5 rings (SSSR count). The fourth-order valence-corrected chi connectivity index (χ4v) is 3.98. The van der Waals surface area contributed by atoms with E-state index in [2.05, 4.69) is 24.6 Å². The lowest BCUT2D eigenvalue weighted by Crippen LogP contribution is -2.57. The number of nitrogen functional groups attached to an aromatic ring is 1. The van der Waals surface area contributed by atoms with Crippen LogP contribution in [0.3, 0.4) is 0 Å². The number of halogens is 4. The van der Waals surface area contributed by atoms with Gasteiger partial charge in [0, 0.05) is 24.4 Å². The molecule has 0 aliphatic carbocycles. The number of hydrogen-bond donors (Lipinski definition) is 1. The van der Waals surface area contributed by atoms with Crippen molar-refractivity contribution in [3.05, 3.63) is 18.3 Å². The summed E-state index contributed by atoms with van der Waals surface area (Å²) in [5, 5.41) is 0. The molecule has 2 aromatic rings. The van der Waals surface area contributed by atoms with Gasteiger partial charge < -0.3 is 25.0 Å². The van der Waals surface area contributed by atoms with Gasteiger partial charge in [0.1, 0.15) is 5.82 Å². The van der Waals surface area contributed by atoms with Crippen molar-refractivity contribution in [1.29, 1.82) is 0 Å². The molecule has 2 aromatic heterocycles. The third kappa shape index (κ3) is 3.44. The third-order valence-corrected chi connectivity index (χ3v) is 5.42. The summed E-state index contributed by atoms with van der Waals surface area (Å²) in [6.07, 6.45) is 2.34. The Morgan fingerprint density at radius 1 is 1.23 bits per heavy atom. The minimum Gasteiger partial charge on any atom is -0.431 e. The van der Waals surface area contributed by atoms with Gasteiger partial charge in [-0.2, -0.15) is 13.8 Å². The van der Waals surface area contributed by atoms with Crippen LogP contribution in [0.1, 0.15) is 6.42 Å². The van der Waals surface area contributed by atoms with Crippen LogP contribution in [-0.4, -0.2) is 65.9 Å². The first-order valence-corrected chi connectivity index (χ1v) is 9.38. The molecule has 160 valence electrons. The van der Waals surface area contributed by atoms with Gasteiger partial charge >= 0.3 is 6.61 Å². The molecular weight excluding hydrogens is 408 g/mol. The average Bonchev–Trinajstić information content (AvgIpc) is 3.30. The fourth-order valence-electron chi connectivity index (χ4n) is 3.98. The second-order valence-electron chi connectivity index (χ2n) is 7.61. The van der Waals surface area contributed by atoms with Crippen LogP contribution >= 0.6 is 0 Å². The smallest absolute Gasteiger partial charge is 0.387 e. The number of aromatic nitrogens is 3. The molecular formula is C18H18F4N6O2. The van der Waals surface area contributed by atoms with E-state index in [4.69, 9.17) is 10.5 Å². The Kier molecular flexibility index (Phi) is 4.34. The topological polar surface area (TPSA) is 89.6 Å². The number of rotatable bonds is 5. The summed E-state index contributed by atoms with van der Waals surface area (Å²) in [5.74, 6) is -2.56. The lowest BCUT2D eigenvalue weighted by molar-refractivity contribution is -0.0495. The Morgan fingerprint density at radius 3 is 2.67 bits per heavy atom. The molecule has 5 heterocycles. The van der Waals surface area contributed by atoms with Crippen molar-refractivity contribution in [2.75, 3.05) is 41.8 Å². The second-order valence-corrected chi connectivity index (χ2v) is 7.61. The van der Waals surface area contributed by atoms with E-state index < -0.39 is 25.6 Å². The molecule has 2 N–H and O–H groups in total. The number of nitrogens with zero attached hydrogens (tertiary/aromatic N) is 5. The van der Waals surface area contributed by atoms with E-state index in [0.717, 1.165) is 6.42 Å². The maximum absolute atomic E-state index is 13.4. The molecule has 8 nitrogen and oxygen atoms in total. The maximum Gasteiger partial charge on any atom is 0.387 e. The van der Waals surface area contributed by atoms with Gasteiger partial charge in [-0.25, -0.2) is 18.7 Å². The molecule has 3 aliphatic rings. The number of ether oxygens (including phenoxy) is 2. The third-order valence-electron chi connectivity index (χ3n) is 5.42. The van der Waals surface area contributed by atoms with E-state index in [0.29, 0.717) is 30.2 Å². The van der Waals surface area contributed by atoms with Gasteiger partial charge in [-0.1, -0.05) is 0 Å². The van der Waals surface area contributed by atoms with Gasteiger partial charge in [0.15, 0.2) is 11.6 Å². The molecule has 2 bridgehead atoms. The summed E-state index contributed by atoms with van der Waals surface area (Å²) in [6.45, 7) is -2.83. The molecule has 0 saturated carbocycles. The molecule has 0 aromatic carbocycles. The lowest BCUT2D eigenvalue weighted by atomic mass is 10.1. The van der Waals surface area contributed by atoms with Crippen molar-refractivity contribution >= 4 is 17.6 Å². The fraction of sp³-hybridized carbons (Fsp3) is 0.500. The zero-order chi connectivity index (χ0) is 21.0. The Hall–Kier alpha value is -2.89. The molecule has 0 radical (unpaired) electrons. The second kappa shape index (κ2) is 6.83. The highest BCUT2D eigenvalue weighted by Gasteiger charge is 2.46. The molecule has 0 spiro atoms. The molecule has 2 atom stereocenters. The Bertz CT molecular complexity index is 970. The lowest BCUT2D eigenvalue weighted by Gasteiger charge is -2.39. The van der Waals surface area contributed by atoms with Gasteiger partial charge in [0.2, 0.25) is 5.95 Å². The molecule has 30 heavy (non-hydrogen) atoms. The minimum absolute atomic E-state index is 0.106. The Morgan fingerprint density at radius 2 is 2.03 bits per heavy atom. The quantitative estimate of drug-likeness (QED) is 0.728. The SMILES string of the molecule is Nc1ncc(-c2cc(N3CC4CC3CO4)nc(N3CC(F)(F)C3)n2)cc1OC(F)F. The van der Waals surface area contributed by atoms with Crippen LogP contribution in [0.25, 0.3) is 11.3 Å².